The lowest BCUT2D eigenvalue weighted by Gasteiger charge is -2.52. The highest BCUT2D eigenvalue weighted by Gasteiger charge is 2.69. The van der Waals surface area contributed by atoms with E-state index >= 15 is 0 Å². The van der Waals surface area contributed by atoms with E-state index in [0.717, 1.165) is 5.69 Å². The van der Waals surface area contributed by atoms with E-state index in [0.29, 0.717) is 21.6 Å². The average molecular weight is 584 g/mol. The Hall–Kier alpha value is -3.68. The second kappa shape index (κ2) is 9.71. The van der Waals surface area contributed by atoms with Crippen molar-refractivity contribution in [1.82, 2.24) is 14.5 Å². The Morgan fingerprint density at radius 1 is 1.20 bits per heavy atom. The number of aromatic nitrogens is 2. The second-order valence-electron chi connectivity index (χ2n) is 11.8. The lowest BCUT2D eigenvalue weighted by molar-refractivity contribution is -0.181. The number of aryl methyl sites for hydroxylation is 1. The number of aliphatic hydroxyl groups is 1. The first-order valence-corrected chi connectivity index (χ1v) is 13.7. The normalized spacial score (nSPS) is 29.3. The standard InChI is InChI=1S/C28H33N5O7S/c1-11-9-30-27(41)33(11)10-13-8-16(31(2)3)14-6-12-7-15-20(32(4)5)23(36)19(26(29)39)25(38)28(15,40)24(37)17(12)22(35)18(14)21(13)34/h8-9,12,15,17,19-20,34,40H,6-7,10H2,1-5H3,(H2,29,39)(H,30,41)/t12-,15-,17?,19?,20+,28-/m0/s1. The van der Waals surface area contributed by atoms with E-state index in [1.54, 1.807) is 45.0 Å². The molecule has 41 heavy (non-hydrogen) atoms. The molecule has 1 amide bonds. The minimum atomic E-state index is -2.76. The Balaban J connectivity index is 1.66. The van der Waals surface area contributed by atoms with Crippen LogP contribution in [-0.2, 0) is 32.1 Å². The molecule has 13 heteroatoms. The summed E-state index contributed by atoms with van der Waals surface area (Å²) in [5.41, 5.74) is 5.00. The number of imidazole rings is 1. The third-order valence-electron chi connectivity index (χ3n) is 9.00. The fraction of sp³-hybridized carbons (Fsp3) is 0.500. The van der Waals surface area contributed by atoms with E-state index in [1.807, 2.05) is 11.8 Å². The molecule has 5 N–H and O–H groups in total. The molecule has 6 atom stereocenters. The zero-order valence-electron chi connectivity index (χ0n) is 23.4. The summed E-state index contributed by atoms with van der Waals surface area (Å²) in [6, 6.07) is 0.639. The van der Waals surface area contributed by atoms with Gasteiger partial charge in [0.2, 0.25) is 5.91 Å². The molecule has 5 rings (SSSR count). The van der Waals surface area contributed by atoms with Crippen LogP contribution in [-0.4, -0.2) is 93.5 Å². The van der Waals surface area contributed by atoms with Crippen molar-refractivity contribution < 1.29 is 34.2 Å². The summed E-state index contributed by atoms with van der Waals surface area (Å²) in [5.74, 6) is -10.7. The molecule has 1 aromatic heterocycles. The Labute approximate surface area is 241 Å². The molecule has 2 unspecified atom stereocenters. The van der Waals surface area contributed by atoms with Crippen LogP contribution in [0.4, 0.5) is 5.69 Å². The molecule has 3 aliphatic carbocycles. The summed E-state index contributed by atoms with van der Waals surface area (Å²) in [4.78, 5) is 73.3. The van der Waals surface area contributed by atoms with Crippen LogP contribution in [0.1, 0.15) is 33.6 Å². The highest BCUT2D eigenvalue weighted by Crippen LogP contribution is 2.52. The van der Waals surface area contributed by atoms with Crippen molar-refractivity contribution in [3.05, 3.63) is 39.4 Å². The number of aromatic amines is 1. The Morgan fingerprint density at radius 2 is 1.85 bits per heavy atom. The maximum absolute atomic E-state index is 14.1. The molecule has 2 aromatic rings. The van der Waals surface area contributed by atoms with Crippen LogP contribution >= 0.6 is 12.2 Å². The van der Waals surface area contributed by atoms with Crippen molar-refractivity contribution in [3.63, 3.8) is 0 Å². The molecular weight excluding hydrogens is 550 g/mol. The van der Waals surface area contributed by atoms with Gasteiger partial charge in [-0.1, -0.05) is 0 Å². The highest BCUT2D eigenvalue weighted by atomic mass is 32.1. The maximum Gasteiger partial charge on any atom is 0.235 e. The highest BCUT2D eigenvalue weighted by molar-refractivity contribution is 7.71. The summed E-state index contributed by atoms with van der Waals surface area (Å²) >= 11 is 5.36. The number of Topliss-reactive ketones (excluding diaryl/α,β-unsaturated/α-hetero) is 4. The smallest absolute Gasteiger partial charge is 0.235 e. The number of fused-ring (bicyclic) bond motifs is 3. The number of hydrogen-bond donors (Lipinski definition) is 4. The van der Waals surface area contributed by atoms with Gasteiger partial charge in [-0.25, -0.2) is 0 Å². The third-order valence-corrected chi connectivity index (χ3v) is 9.34. The molecule has 1 aromatic carbocycles. The van der Waals surface area contributed by atoms with E-state index in [-0.39, 0.29) is 30.7 Å². The third kappa shape index (κ3) is 4.01. The lowest BCUT2D eigenvalue weighted by Crippen LogP contribution is -2.74. The molecule has 2 fully saturated rings. The van der Waals surface area contributed by atoms with Gasteiger partial charge in [0.15, 0.2) is 39.4 Å². The molecule has 2 saturated carbocycles. The number of aromatic hydroxyl groups is 1. The fourth-order valence-corrected chi connectivity index (χ4v) is 7.34. The molecule has 0 bridgehead atoms. The van der Waals surface area contributed by atoms with Crippen molar-refractivity contribution in [2.75, 3.05) is 33.1 Å². The number of H-pyrrole nitrogens is 1. The van der Waals surface area contributed by atoms with Crippen molar-refractivity contribution in [2.24, 2.45) is 29.4 Å². The van der Waals surface area contributed by atoms with Crippen molar-refractivity contribution >= 4 is 46.9 Å². The average Bonchev–Trinajstić information content (AvgIpc) is 3.19. The van der Waals surface area contributed by atoms with Crippen LogP contribution in [0.25, 0.3) is 0 Å². The van der Waals surface area contributed by atoms with Gasteiger partial charge in [0, 0.05) is 43.2 Å². The zero-order valence-corrected chi connectivity index (χ0v) is 24.2. The van der Waals surface area contributed by atoms with E-state index < -0.39 is 64.4 Å². The SMILES string of the molecule is Cc1c[nH]c(=S)n1Cc1cc(N(C)C)c2c(c1O)C(=O)C1C(=O)[C@]3(O)C(=O)C(C(N)=O)C(=O)[C@H](N(C)C)[C@@H]3C[C@@H]1C2. The minimum Gasteiger partial charge on any atom is -0.507 e. The van der Waals surface area contributed by atoms with Gasteiger partial charge in [0.1, 0.15) is 5.75 Å². The minimum absolute atomic E-state index is 0.00299. The lowest BCUT2D eigenvalue weighted by atomic mass is 9.52. The Bertz CT molecular complexity index is 1590. The number of benzene rings is 1. The number of likely N-dealkylation sites (N-methyl/N-ethyl adjacent to an activating group) is 1. The molecular formula is C28H33N5O7S. The largest absolute Gasteiger partial charge is 0.507 e. The summed E-state index contributed by atoms with van der Waals surface area (Å²) in [6.07, 6.45) is 1.91. The maximum atomic E-state index is 14.1. The summed E-state index contributed by atoms with van der Waals surface area (Å²) in [5, 5.41) is 23.2. The number of anilines is 1. The van der Waals surface area contributed by atoms with Crippen molar-refractivity contribution in [1.29, 1.82) is 0 Å². The summed E-state index contributed by atoms with van der Waals surface area (Å²) in [6.45, 7) is 2.00. The molecule has 0 aliphatic heterocycles. The van der Waals surface area contributed by atoms with Gasteiger partial charge in [-0.3, -0.25) is 28.9 Å². The van der Waals surface area contributed by atoms with Gasteiger partial charge in [-0.05, 0) is 63.6 Å². The van der Waals surface area contributed by atoms with E-state index in [4.69, 9.17) is 18.0 Å². The van der Waals surface area contributed by atoms with E-state index in [2.05, 4.69) is 4.98 Å². The first-order chi connectivity index (χ1) is 19.1. The van der Waals surface area contributed by atoms with Crippen LogP contribution in [0.3, 0.4) is 0 Å². The Kier molecular flexibility index (Phi) is 6.83. The van der Waals surface area contributed by atoms with Crippen LogP contribution in [0.2, 0.25) is 0 Å². The van der Waals surface area contributed by atoms with Crippen molar-refractivity contribution in [3.8, 4) is 5.75 Å². The summed E-state index contributed by atoms with van der Waals surface area (Å²) < 4.78 is 2.19. The number of rotatable bonds is 5. The number of primary amides is 1. The number of ketones is 4. The predicted octanol–water partition coefficient (Wildman–Crippen LogP) is 0.149. The second-order valence-corrected chi connectivity index (χ2v) is 12.1. The number of hydrogen-bond acceptors (Lipinski definition) is 10. The molecule has 0 radical (unpaired) electrons. The van der Waals surface area contributed by atoms with Gasteiger partial charge in [-0.2, -0.15) is 0 Å². The summed E-state index contributed by atoms with van der Waals surface area (Å²) in [7, 11) is 6.71. The fourth-order valence-electron chi connectivity index (χ4n) is 7.07. The first kappa shape index (κ1) is 28.8. The Morgan fingerprint density at radius 3 is 2.39 bits per heavy atom. The topological polar surface area (TPSA) is 179 Å². The van der Waals surface area contributed by atoms with Gasteiger partial charge < -0.3 is 30.4 Å². The van der Waals surface area contributed by atoms with Gasteiger partial charge in [-0.15, -0.1) is 0 Å². The molecule has 3 aliphatic rings. The van der Waals surface area contributed by atoms with Gasteiger partial charge >= 0.3 is 0 Å². The predicted molar refractivity (Wildman–Crippen MR) is 149 cm³/mol. The van der Waals surface area contributed by atoms with Gasteiger partial charge in [0.25, 0.3) is 0 Å². The van der Waals surface area contributed by atoms with E-state index in [1.165, 1.54) is 4.90 Å². The van der Waals surface area contributed by atoms with E-state index in [9.17, 15) is 34.2 Å². The molecule has 1 heterocycles. The van der Waals surface area contributed by atoms with Crippen LogP contribution in [0.15, 0.2) is 12.3 Å². The number of amides is 1. The number of nitrogens with two attached hydrogens (primary N) is 1. The molecule has 0 spiro atoms. The molecule has 218 valence electrons. The number of phenols is 1. The first-order valence-electron chi connectivity index (χ1n) is 13.3. The molecule has 0 saturated heterocycles. The number of phenolic OH excluding ortho intramolecular Hbond substituents is 1. The van der Waals surface area contributed by atoms with Crippen LogP contribution in [0.5, 0.6) is 5.75 Å². The zero-order chi connectivity index (χ0) is 30.3. The number of carbonyl (C=O) groups excluding carboxylic acids is 5. The van der Waals surface area contributed by atoms with Crippen LogP contribution < -0.4 is 10.6 Å². The van der Waals surface area contributed by atoms with Gasteiger partial charge in [0.05, 0.1) is 24.1 Å². The van der Waals surface area contributed by atoms with Crippen molar-refractivity contribution in [2.45, 2.75) is 38.0 Å². The monoisotopic (exact) mass is 583 g/mol. The quantitative estimate of drug-likeness (QED) is 0.280. The number of nitrogens with zero attached hydrogens (tertiary/aromatic N) is 3. The number of carbonyl (C=O) groups is 5. The molecule has 12 nitrogen and oxygen atoms in total. The number of nitrogens with one attached hydrogen (secondary N) is 1. The van der Waals surface area contributed by atoms with Crippen LogP contribution in [0, 0.1) is 35.4 Å².